The number of rotatable bonds is 2. The maximum Gasteiger partial charge on any atom is 0.183 e. The molecule has 0 saturated heterocycles. The minimum Gasteiger partial charge on any atom is -0.337 e. The molecule has 6 heteroatoms. The predicted octanol–water partition coefficient (Wildman–Crippen LogP) is 3.62. The molecule has 0 amide bonds. The molecule has 0 aliphatic heterocycles. The van der Waals surface area contributed by atoms with Crippen LogP contribution in [0.1, 0.15) is 5.69 Å². The largest absolute Gasteiger partial charge is 0.337 e. The molecule has 0 fully saturated rings. The first kappa shape index (κ1) is 12.0. The number of nitrogens with zero attached hydrogens (tertiary/aromatic N) is 3. The van der Waals surface area contributed by atoms with Gasteiger partial charge in [-0.05, 0) is 34.1 Å². The van der Waals surface area contributed by atoms with Gasteiger partial charge in [0.25, 0.3) is 0 Å². The molecule has 84 valence electrons. The van der Waals surface area contributed by atoms with Crippen molar-refractivity contribution in [2.75, 3.05) is 5.32 Å². The second-order valence-corrected chi connectivity index (χ2v) is 4.88. The van der Waals surface area contributed by atoms with Crippen LogP contribution in [0.2, 0.25) is 0 Å². The first-order valence-corrected chi connectivity index (χ1v) is 6.22. The molecule has 0 radical (unpaired) electrons. The average molecular weight is 354 g/mol. The molecule has 1 aromatic heterocycles. The fraction of sp³-hybridized carbons (Fsp3) is 0. The van der Waals surface area contributed by atoms with Crippen LogP contribution >= 0.6 is 31.9 Å². The Morgan fingerprint density at radius 3 is 2.71 bits per heavy atom. The molecule has 0 unspecified atom stereocenters. The lowest BCUT2D eigenvalue weighted by Gasteiger charge is -2.08. The SMILES string of the molecule is N#Cc1nccnc1Nc1cc(Br)ccc1Br. The molecule has 0 aliphatic rings. The smallest absolute Gasteiger partial charge is 0.183 e. The Kier molecular flexibility index (Phi) is 3.71. The zero-order chi connectivity index (χ0) is 12.3. The molecular weight excluding hydrogens is 348 g/mol. The van der Waals surface area contributed by atoms with Crippen molar-refractivity contribution >= 4 is 43.4 Å². The number of benzene rings is 1. The third-order valence-corrected chi connectivity index (χ3v) is 3.17. The van der Waals surface area contributed by atoms with Gasteiger partial charge in [-0.1, -0.05) is 15.9 Å². The van der Waals surface area contributed by atoms with E-state index >= 15 is 0 Å². The number of anilines is 2. The molecule has 4 nitrogen and oxygen atoms in total. The molecular formula is C11H6Br2N4. The summed E-state index contributed by atoms with van der Waals surface area (Å²) in [5.74, 6) is 0.439. The molecule has 0 spiro atoms. The van der Waals surface area contributed by atoms with E-state index in [0.29, 0.717) is 5.82 Å². The molecule has 0 saturated carbocycles. The van der Waals surface area contributed by atoms with Crippen molar-refractivity contribution in [2.24, 2.45) is 0 Å². The second-order valence-electron chi connectivity index (χ2n) is 3.11. The first-order chi connectivity index (χ1) is 8.20. The maximum absolute atomic E-state index is 8.91. The summed E-state index contributed by atoms with van der Waals surface area (Å²) in [6.07, 6.45) is 3.02. The van der Waals surface area contributed by atoms with Crippen molar-refractivity contribution in [3.05, 3.63) is 45.2 Å². The fourth-order valence-electron chi connectivity index (χ4n) is 1.23. The van der Waals surface area contributed by atoms with E-state index in [2.05, 4.69) is 47.1 Å². The van der Waals surface area contributed by atoms with E-state index in [4.69, 9.17) is 5.26 Å². The summed E-state index contributed by atoms with van der Waals surface area (Å²) in [6.45, 7) is 0. The third-order valence-electron chi connectivity index (χ3n) is 1.99. The standard InChI is InChI=1S/C11H6Br2N4/c12-7-1-2-8(13)9(5-7)17-11-10(6-14)15-3-4-16-11/h1-5H,(H,16,17). The molecule has 17 heavy (non-hydrogen) atoms. The van der Waals surface area contributed by atoms with Crippen LogP contribution in [0.4, 0.5) is 11.5 Å². The summed E-state index contributed by atoms with van der Waals surface area (Å²) < 4.78 is 1.82. The van der Waals surface area contributed by atoms with Crippen LogP contribution in [0.15, 0.2) is 39.5 Å². The zero-order valence-corrected chi connectivity index (χ0v) is 11.7. The van der Waals surface area contributed by atoms with Crippen LogP contribution < -0.4 is 5.32 Å². The second kappa shape index (κ2) is 5.25. The number of hydrogen-bond acceptors (Lipinski definition) is 4. The Morgan fingerprint density at radius 2 is 1.94 bits per heavy atom. The van der Waals surface area contributed by atoms with Crippen molar-refractivity contribution in [3.8, 4) is 6.07 Å². The Balaban J connectivity index is 2.38. The zero-order valence-electron chi connectivity index (χ0n) is 8.48. The van der Waals surface area contributed by atoms with Crippen LogP contribution in [-0.2, 0) is 0 Å². The van der Waals surface area contributed by atoms with Crippen molar-refractivity contribution in [1.29, 1.82) is 5.26 Å². The minimum absolute atomic E-state index is 0.263. The highest BCUT2D eigenvalue weighted by Crippen LogP contribution is 2.28. The minimum atomic E-state index is 0.263. The summed E-state index contributed by atoms with van der Waals surface area (Å²) in [6, 6.07) is 7.69. The number of nitrogens with one attached hydrogen (secondary N) is 1. The van der Waals surface area contributed by atoms with Crippen LogP contribution in [0.25, 0.3) is 0 Å². The normalized spacial score (nSPS) is 9.71. The lowest BCUT2D eigenvalue weighted by molar-refractivity contribution is 1.16. The predicted molar refractivity (Wildman–Crippen MR) is 71.9 cm³/mol. The van der Waals surface area contributed by atoms with Crippen LogP contribution in [0, 0.1) is 11.3 Å². The number of halogens is 2. The van der Waals surface area contributed by atoms with E-state index in [1.807, 2.05) is 24.3 Å². The van der Waals surface area contributed by atoms with Crippen molar-refractivity contribution in [1.82, 2.24) is 9.97 Å². The van der Waals surface area contributed by atoms with Crippen molar-refractivity contribution in [2.45, 2.75) is 0 Å². The van der Waals surface area contributed by atoms with Gasteiger partial charge in [-0.25, -0.2) is 9.97 Å². The lowest BCUT2D eigenvalue weighted by atomic mass is 10.3. The van der Waals surface area contributed by atoms with E-state index in [0.717, 1.165) is 14.6 Å². The quantitative estimate of drug-likeness (QED) is 0.895. The van der Waals surface area contributed by atoms with Gasteiger partial charge in [0, 0.05) is 21.3 Å². The summed E-state index contributed by atoms with van der Waals surface area (Å²) in [4.78, 5) is 8.02. The first-order valence-electron chi connectivity index (χ1n) is 4.64. The fourth-order valence-corrected chi connectivity index (χ4v) is 1.94. The number of nitriles is 1. The van der Waals surface area contributed by atoms with Crippen LogP contribution in [-0.4, -0.2) is 9.97 Å². The van der Waals surface area contributed by atoms with Crippen LogP contribution in [0.3, 0.4) is 0 Å². The summed E-state index contributed by atoms with van der Waals surface area (Å²) in [5.41, 5.74) is 1.08. The topological polar surface area (TPSA) is 61.6 Å². The molecule has 2 rings (SSSR count). The van der Waals surface area contributed by atoms with Crippen molar-refractivity contribution < 1.29 is 0 Å². The van der Waals surface area contributed by atoms with Gasteiger partial charge in [0.2, 0.25) is 0 Å². The Morgan fingerprint density at radius 1 is 1.18 bits per heavy atom. The molecule has 1 heterocycles. The highest BCUT2D eigenvalue weighted by molar-refractivity contribution is 9.11. The summed E-state index contributed by atoms with van der Waals surface area (Å²) >= 11 is 6.80. The van der Waals surface area contributed by atoms with Crippen molar-refractivity contribution in [3.63, 3.8) is 0 Å². The van der Waals surface area contributed by atoms with E-state index in [1.165, 1.54) is 12.4 Å². The number of aromatic nitrogens is 2. The van der Waals surface area contributed by atoms with Crippen LogP contribution in [0.5, 0.6) is 0 Å². The van der Waals surface area contributed by atoms with E-state index in [-0.39, 0.29) is 5.69 Å². The number of hydrogen-bond donors (Lipinski definition) is 1. The van der Waals surface area contributed by atoms with Gasteiger partial charge >= 0.3 is 0 Å². The molecule has 1 aromatic carbocycles. The highest BCUT2D eigenvalue weighted by atomic mass is 79.9. The Bertz CT molecular complexity index is 592. The van der Waals surface area contributed by atoms with E-state index in [1.54, 1.807) is 0 Å². The third kappa shape index (κ3) is 2.81. The monoisotopic (exact) mass is 352 g/mol. The Labute approximate surface area is 115 Å². The molecule has 1 N–H and O–H groups in total. The molecule has 0 aliphatic carbocycles. The van der Waals surface area contributed by atoms with Gasteiger partial charge in [-0.3, -0.25) is 0 Å². The van der Waals surface area contributed by atoms with E-state index < -0.39 is 0 Å². The van der Waals surface area contributed by atoms with Gasteiger partial charge in [-0.2, -0.15) is 5.26 Å². The highest BCUT2D eigenvalue weighted by Gasteiger charge is 2.07. The average Bonchev–Trinajstić information content (AvgIpc) is 2.34. The molecule has 0 atom stereocenters. The van der Waals surface area contributed by atoms with Gasteiger partial charge in [0.05, 0.1) is 5.69 Å². The van der Waals surface area contributed by atoms with Gasteiger partial charge in [0.1, 0.15) is 6.07 Å². The van der Waals surface area contributed by atoms with Gasteiger partial charge in [-0.15, -0.1) is 0 Å². The van der Waals surface area contributed by atoms with Gasteiger partial charge < -0.3 is 5.32 Å². The summed E-state index contributed by atoms with van der Waals surface area (Å²) in [5, 5.41) is 12.0. The Hall–Kier alpha value is -1.45. The van der Waals surface area contributed by atoms with E-state index in [9.17, 15) is 0 Å². The lowest BCUT2D eigenvalue weighted by Crippen LogP contribution is -1.99. The summed E-state index contributed by atoms with van der Waals surface area (Å²) in [7, 11) is 0. The molecule has 2 aromatic rings. The van der Waals surface area contributed by atoms with Gasteiger partial charge in [0.15, 0.2) is 11.5 Å². The molecule has 0 bridgehead atoms. The maximum atomic E-state index is 8.91.